The van der Waals surface area contributed by atoms with Gasteiger partial charge in [-0.05, 0) is 0 Å². The van der Waals surface area contributed by atoms with Crippen LogP contribution in [0.3, 0.4) is 0 Å². The van der Waals surface area contributed by atoms with Crippen molar-refractivity contribution in [2.24, 2.45) is 0 Å². The van der Waals surface area contributed by atoms with Crippen LogP contribution in [-0.4, -0.2) is 125 Å². The van der Waals surface area contributed by atoms with Crippen LogP contribution in [0.5, 0.6) is 0 Å². The Balaban J connectivity index is 2.11. The van der Waals surface area contributed by atoms with E-state index in [0.29, 0.717) is 11.7 Å². The molecule has 308 valence electrons. The van der Waals surface area contributed by atoms with Crippen LogP contribution in [0.15, 0.2) is 30.3 Å². The van der Waals surface area contributed by atoms with Gasteiger partial charge >= 0.3 is 322 Å². The molecule has 0 radical (unpaired) electrons. The Hall–Kier alpha value is -3.60. The first-order chi connectivity index (χ1) is 26.2. The van der Waals surface area contributed by atoms with Gasteiger partial charge in [-0.2, -0.15) is 0 Å². The molecule has 0 saturated carbocycles. The van der Waals surface area contributed by atoms with E-state index in [2.05, 4.69) is 12.2 Å². The van der Waals surface area contributed by atoms with Crippen LogP contribution in [0.25, 0.3) is 0 Å². The summed E-state index contributed by atoms with van der Waals surface area (Å²) >= 11 is -0.187. The number of carbonyl (C=O) groups is 6. The van der Waals surface area contributed by atoms with Crippen molar-refractivity contribution in [3.05, 3.63) is 30.3 Å². The molecule has 0 spiro atoms. The monoisotopic (exact) mass is 845 g/mol. The fraction of sp³-hybridized carbons (Fsp3) is 0.684. The molecule has 3 rings (SSSR count). The number of benzene rings is 1. The summed E-state index contributed by atoms with van der Waals surface area (Å²) in [7, 11) is 0. The summed E-state index contributed by atoms with van der Waals surface area (Å²) in [5, 5.41) is 3.22. The Morgan fingerprint density at radius 1 is 0.636 bits per heavy atom. The second-order valence-corrected chi connectivity index (χ2v) is 15.6. The standard InChI is InChI=1S/C38H55NO15Se/c1-8-9-10-11-12-16-19-46-37-31(39-22(2)40)34(33(49-25(5)43)30(53-37)21-55-28-17-14-13-15-18-28)54-38-36(51-27(7)45)35(50-26(6)44)32(48-24(4)42)29(52-38)20-47-23(3)41/h13-15,17-18,29-38H,8-12,16,19-21H2,1-7H3,(H,39,40)/t29-,30-,31-,32+,33-,34-,35+,36-,37-,38+/m1/s1. The first-order valence-corrected chi connectivity index (χ1v) is 20.6. The molecule has 17 heteroatoms. The van der Waals surface area contributed by atoms with E-state index in [1.165, 1.54) is 13.8 Å². The molecule has 2 fully saturated rings. The van der Waals surface area contributed by atoms with Crippen LogP contribution in [0.1, 0.15) is 87.0 Å². The molecule has 10 atom stereocenters. The zero-order chi connectivity index (χ0) is 40.5. The van der Waals surface area contributed by atoms with Gasteiger partial charge in [0.1, 0.15) is 0 Å². The summed E-state index contributed by atoms with van der Waals surface area (Å²) in [6, 6.07) is 8.56. The van der Waals surface area contributed by atoms with Gasteiger partial charge in [0, 0.05) is 0 Å². The van der Waals surface area contributed by atoms with Gasteiger partial charge in [0.05, 0.1) is 0 Å². The van der Waals surface area contributed by atoms with Gasteiger partial charge in [-0.1, -0.05) is 6.92 Å². The molecule has 1 aromatic rings. The van der Waals surface area contributed by atoms with Gasteiger partial charge in [0.25, 0.3) is 0 Å². The van der Waals surface area contributed by atoms with Gasteiger partial charge in [0.2, 0.25) is 0 Å². The number of amides is 1. The zero-order valence-electron chi connectivity index (χ0n) is 32.6. The van der Waals surface area contributed by atoms with Gasteiger partial charge in [-0.15, -0.1) is 0 Å². The van der Waals surface area contributed by atoms with Crippen molar-refractivity contribution in [1.29, 1.82) is 0 Å². The molecule has 2 heterocycles. The molecule has 1 N–H and O–H groups in total. The molecule has 1 amide bonds. The summed E-state index contributed by atoms with van der Waals surface area (Å²) < 4.78 is 54.6. The number of hydrogen-bond donors (Lipinski definition) is 1. The van der Waals surface area contributed by atoms with Gasteiger partial charge in [-0.25, -0.2) is 0 Å². The van der Waals surface area contributed by atoms with Crippen molar-refractivity contribution in [1.82, 2.24) is 5.32 Å². The molecular weight excluding hydrogens is 789 g/mol. The third-order valence-corrected chi connectivity index (χ3v) is 10.8. The molecule has 0 aromatic heterocycles. The molecule has 0 bridgehead atoms. The first-order valence-electron chi connectivity index (χ1n) is 18.5. The number of rotatable bonds is 20. The average Bonchev–Trinajstić information content (AvgIpc) is 3.10. The molecule has 0 aliphatic carbocycles. The van der Waals surface area contributed by atoms with E-state index < -0.39 is 104 Å². The predicted octanol–water partition coefficient (Wildman–Crippen LogP) is 2.44. The molecule has 2 aliphatic heterocycles. The van der Waals surface area contributed by atoms with E-state index in [-0.39, 0.29) is 21.6 Å². The Kier molecular flexibility index (Phi) is 19.5. The number of hydrogen-bond acceptors (Lipinski definition) is 15. The second kappa shape index (κ2) is 23.5. The van der Waals surface area contributed by atoms with Crippen molar-refractivity contribution < 1.29 is 71.4 Å². The van der Waals surface area contributed by atoms with E-state index in [4.69, 9.17) is 42.6 Å². The zero-order valence-corrected chi connectivity index (χ0v) is 34.3. The van der Waals surface area contributed by atoms with E-state index in [1.807, 2.05) is 30.3 Å². The second-order valence-electron chi connectivity index (χ2n) is 13.3. The van der Waals surface area contributed by atoms with Crippen molar-refractivity contribution in [2.75, 3.05) is 13.2 Å². The normalized spacial score (nSPS) is 27.6. The van der Waals surface area contributed by atoms with Crippen LogP contribution in [0, 0.1) is 0 Å². The van der Waals surface area contributed by atoms with E-state index in [9.17, 15) is 28.8 Å². The van der Waals surface area contributed by atoms with Crippen LogP contribution in [0.4, 0.5) is 0 Å². The average molecular weight is 845 g/mol. The topological polar surface area (TPSA) is 198 Å². The fourth-order valence-electron chi connectivity index (χ4n) is 6.29. The maximum absolute atomic E-state index is 12.8. The van der Waals surface area contributed by atoms with Crippen LogP contribution in [-0.2, 0) is 71.4 Å². The Morgan fingerprint density at radius 3 is 1.76 bits per heavy atom. The van der Waals surface area contributed by atoms with E-state index in [0.717, 1.165) is 64.3 Å². The number of ether oxygens (including phenoxy) is 9. The van der Waals surface area contributed by atoms with E-state index >= 15 is 0 Å². The third-order valence-electron chi connectivity index (χ3n) is 8.50. The van der Waals surface area contributed by atoms with Crippen LogP contribution >= 0.6 is 0 Å². The summed E-state index contributed by atoms with van der Waals surface area (Å²) in [6.45, 7) is 8.95. The molecule has 0 unspecified atom stereocenters. The number of nitrogens with one attached hydrogen (secondary N) is 1. The Bertz CT molecular complexity index is 1410. The van der Waals surface area contributed by atoms with Crippen molar-refractivity contribution in [3.63, 3.8) is 0 Å². The Morgan fingerprint density at radius 2 is 1.18 bits per heavy atom. The molecule has 2 saturated heterocycles. The number of esters is 5. The van der Waals surface area contributed by atoms with Crippen LogP contribution in [0.2, 0.25) is 5.32 Å². The van der Waals surface area contributed by atoms with E-state index in [1.54, 1.807) is 0 Å². The van der Waals surface area contributed by atoms with Crippen LogP contribution < -0.4 is 9.78 Å². The number of carbonyl (C=O) groups excluding carboxylic acids is 6. The minimum atomic E-state index is -1.64. The summed E-state index contributed by atoms with van der Waals surface area (Å²) in [5.74, 6) is -4.28. The summed E-state index contributed by atoms with van der Waals surface area (Å²) in [6.07, 6.45) is -5.84. The summed E-state index contributed by atoms with van der Waals surface area (Å²) in [4.78, 5) is 74.7. The van der Waals surface area contributed by atoms with Crippen molar-refractivity contribution in [3.8, 4) is 0 Å². The van der Waals surface area contributed by atoms with Crippen molar-refractivity contribution in [2.45, 2.75) is 154 Å². The first kappa shape index (κ1) is 45.8. The predicted molar refractivity (Wildman–Crippen MR) is 195 cm³/mol. The molecule has 55 heavy (non-hydrogen) atoms. The van der Waals surface area contributed by atoms with Gasteiger partial charge in [0.15, 0.2) is 0 Å². The number of unbranched alkanes of at least 4 members (excludes halogenated alkanes) is 5. The third kappa shape index (κ3) is 15.5. The molecule has 16 nitrogen and oxygen atoms in total. The van der Waals surface area contributed by atoms with Crippen molar-refractivity contribution >= 4 is 55.2 Å². The summed E-state index contributed by atoms with van der Waals surface area (Å²) in [5.41, 5.74) is 0. The van der Waals surface area contributed by atoms with Gasteiger partial charge < -0.3 is 0 Å². The fourth-order valence-corrected chi connectivity index (χ4v) is 8.34. The quantitative estimate of drug-likeness (QED) is 0.0869. The molecular formula is C38H55NO15Se. The molecule has 2 aliphatic rings. The maximum atomic E-state index is 12.8. The SMILES string of the molecule is CCCCCCCCO[C@@H]1O[C@H](C[Se]c2ccccc2)[C@@H](OC(C)=O)[C@H](O[C@@H]2O[C@H](COC(C)=O)[C@H](OC(C)=O)[C@H](OC(C)=O)[C@H]2OC(C)=O)[C@H]1NC(C)=O. The molecule has 1 aromatic carbocycles. The van der Waals surface area contributed by atoms with Gasteiger partial charge in [-0.3, -0.25) is 0 Å². The Labute approximate surface area is 328 Å². The minimum absolute atomic E-state index is 0.187.